The van der Waals surface area contributed by atoms with Crippen LogP contribution in [0.4, 0.5) is 0 Å². The third-order valence-corrected chi connectivity index (χ3v) is 3.67. The number of fused-ring (bicyclic) bond motifs is 3. The molecular weight excluding hydrogens is 194 g/mol. The lowest BCUT2D eigenvalue weighted by Gasteiger charge is -2.18. The highest BCUT2D eigenvalue weighted by Crippen LogP contribution is 2.39. The van der Waals surface area contributed by atoms with Crippen LogP contribution in [0.2, 0.25) is 0 Å². The molecule has 0 unspecified atom stereocenters. The maximum atomic E-state index is 2.33. The molecule has 16 heavy (non-hydrogen) atoms. The molecule has 1 aromatic carbocycles. The van der Waals surface area contributed by atoms with Gasteiger partial charge in [0, 0.05) is 29.1 Å². The van der Waals surface area contributed by atoms with Gasteiger partial charge in [-0.3, -0.25) is 0 Å². The summed E-state index contributed by atoms with van der Waals surface area (Å²) in [6, 6.07) is 6.73. The molecule has 1 aliphatic rings. The minimum Gasteiger partial charge on any atom is -0.347 e. The normalized spacial score (nSPS) is 16.9. The van der Waals surface area contributed by atoms with E-state index < -0.39 is 0 Å². The second-order valence-electron chi connectivity index (χ2n) is 5.12. The van der Waals surface area contributed by atoms with E-state index in [2.05, 4.69) is 61.9 Å². The fraction of sp³-hybridized carbons (Fsp3) is 0.333. The minimum atomic E-state index is 0.187. The molecule has 0 atom stereocenters. The molecule has 0 radical (unpaired) electrons. The Balaban J connectivity index is 2.40. The van der Waals surface area contributed by atoms with Crippen LogP contribution in [-0.4, -0.2) is 4.57 Å². The van der Waals surface area contributed by atoms with Crippen LogP contribution >= 0.6 is 0 Å². The second kappa shape index (κ2) is 3.00. The van der Waals surface area contributed by atoms with Crippen LogP contribution in [0.5, 0.6) is 0 Å². The maximum absolute atomic E-state index is 2.33. The molecule has 0 saturated heterocycles. The summed E-state index contributed by atoms with van der Waals surface area (Å²) in [6.45, 7) is 7.79. The highest BCUT2D eigenvalue weighted by molar-refractivity contribution is 5.92. The molecule has 1 heterocycles. The number of aromatic nitrogens is 1. The third kappa shape index (κ3) is 1.12. The van der Waals surface area contributed by atoms with Gasteiger partial charge < -0.3 is 4.57 Å². The van der Waals surface area contributed by atoms with Gasteiger partial charge in [0.2, 0.25) is 0 Å². The number of benzene rings is 1. The predicted molar refractivity (Wildman–Crippen MR) is 69.7 cm³/mol. The van der Waals surface area contributed by atoms with Crippen molar-refractivity contribution >= 4 is 17.0 Å². The van der Waals surface area contributed by atoms with E-state index in [1.54, 1.807) is 0 Å². The topological polar surface area (TPSA) is 4.93 Å². The Bertz CT molecular complexity index is 585. The molecule has 1 nitrogen and oxygen atoms in total. The van der Waals surface area contributed by atoms with E-state index in [0.717, 1.165) is 6.54 Å². The molecule has 0 spiro atoms. The van der Waals surface area contributed by atoms with Gasteiger partial charge in [0.05, 0.1) is 5.52 Å². The van der Waals surface area contributed by atoms with Crippen LogP contribution in [0.3, 0.4) is 0 Å². The van der Waals surface area contributed by atoms with E-state index in [1.807, 2.05) is 0 Å². The first kappa shape index (κ1) is 9.71. The molecule has 0 bridgehead atoms. The Morgan fingerprint density at radius 2 is 2.00 bits per heavy atom. The Kier molecular flexibility index (Phi) is 1.82. The fourth-order valence-corrected chi connectivity index (χ4v) is 2.70. The zero-order valence-corrected chi connectivity index (χ0v) is 10.1. The first-order valence-corrected chi connectivity index (χ1v) is 5.95. The van der Waals surface area contributed by atoms with Crippen molar-refractivity contribution in [2.75, 3.05) is 0 Å². The van der Waals surface area contributed by atoms with E-state index in [9.17, 15) is 0 Å². The third-order valence-electron chi connectivity index (χ3n) is 3.67. The van der Waals surface area contributed by atoms with Crippen molar-refractivity contribution in [1.82, 2.24) is 4.57 Å². The second-order valence-corrected chi connectivity index (χ2v) is 5.12. The monoisotopic (exact) mass is 211 g/mol. The lowest BCUT2D eigenvalue weighted by molar-refractivity contribution is 0.683. The minimum absolute atomic E-state index is 0.187. The Hall–Kier alpha value is -1.50. The summed E-state index contributed by atoms with van der Waals surface area (Å²) in [5.41, 5.74) is 4.44. The molecule has 0 fully saturated rings. The smallest absolute Gasteiger partial charge is 0.0556 e. The molecule has 2 aromatic rings. The van der Waals surface area contributed by atoms with Crippen LogP contribution in [0, 0.1) is 0 Å². The Morgan fingerprint density at radius 3 is 2.75 bits per heavy atom. The summed E-state index contributed by atoms with van der Waals surface area (Å²) in [6.07, 6.45) is 6.78. The van der Waals surface area contributed by atoms with Gasteiger partial charge in [-0.25, -0.2) is 0 Å². The molecular formula is C15H17N. The molecule has 1 aliphatic carbocycles. The van der Waals surface area contributed by atoms with Crippen molar-refractivity contribution in [2.45, 2.75) is 32.7 Å². The van der Waals surface area contributed by atoms with Gasteiger partial charge in [0.25, 0.3) is 0 Å². The number of allylic oxidation sites excluding steroid dienone is 1. The predicted octanol–water partition coefficient (Wildman–Crippen LogP) is 3.97. The Morgan fingerprint density at radius 1 is 1.19 bits per heavy atom. The standard InChI is InChI=1S/C15H17N/c1-4-16-10-8-11-5-6-13-12(14(11)16)7-9-15(13,2)3/h5-10H,4H2,1-3H3. The van der Waals surface area contributed by atoms with Crippen molar-refractivity contribution in [3.63, 3.8) is 0 Å². The van der Waals surface area contributed by atoms with Crippen molar-refractivity contribution in [3.8, 4) is 0 Å². The number of hydrogen-bond acceptors (Lipinski definition) is 0. The fourth-order valence-electron chi connectivity index (χ4n) is 2.70. The van der Waals surface area contributed by atoms with E-state index in [4.69, 9.17) is 0 Å². The zero-order valence-electron chi connectivity index (χ0n) is 10.1. The van der Waals surface area contributed by atoms with Crippen LogP contribution < -0.4 is 0 Å². The summed E-state index contributed by atoms with van der Waals surface area (Å²) in [4.78, 5) is 0. The van der Waals surface area contributed by atoms with Gasteiger partial charge >= 0.3 is 0 Å². The zero-order chi connectivity index (χ0) is 11.3. The highest BCUT2D eigenvalue weighted by atomic mass is 14.9. The van der Waals surface area contributed by atoms with E-state index in [0.29, 0.717) is 0 Å². The first-order chi connectivity index (χ1) is 7.63. The molecule has 3 rings (SSSR count). The van der Waals surface area contributed by atoms with E-state index in [-0.39, 0.29) is 5.41 Å². The maximum Gasteiger partial charge on any atom is 0.0556 e. The number of hydrogen-bond donors (Lipinski definition) is 0. The van der Waals surface area contributed by atoms with Gasteiger partial charge in [-0.1, -0.05) is 38.1 Å². The number of rotatable bonds is 1. The highest BCUT2D eigenvalue weighted by Gasteiger charge is 2.26. The SMILES string of the molecule is CCn1ccc2ccc3c(c21)C=CC3(C)C. The lowest BCUT2D eigenvalue weighted by atomic mass is 9.86. The van der Waals surface area contributed by atoms with Crippen molar-refractivity contribution in [3.05, 3.63) is 41.6 Å². The summed E-state index contributed by atoms with van der Waals surface area (Å²) >= 11 is 0. The van der Waals surface area contributed by atoms with Crippen LogP contribution in [0.15, 0.2) is 30.5 Å². The first-order valence-electron chi connectivity index (χ1n) is 5.95. The summed E-state index contributed by atoms with van der Waals surface area (Å²) in [5.74, 6) is 0. The summed E-state index contributed by atoms with van der Waals surface area (Å²) in [5, 5.41) is 1.35. The molecule has 0 aliphatic heterocycles. The van der Waals surface area contributed by atoms with Crippen LogP contribution in [0.25, 0.3) is 17.0 Å². The molecule has 0 amide bonds. The lowest BCUT2D eigenvalue weighted by Crippen LogP contribution is -2.10. The van der Waals surface area contributed by atoms with Gasteiger partial charge in [-0.05, 0) is 18.6 Å². The quantitative estimate of drug-likeness (QED) is 0.672. The molecule has 82 valence electrons. The summed E-state index contributed by atoms with van der Waals surface area (Å²) in [7, 11) is 0. The molecule has 0 saturated carbocycles. The van der Waals surface area contributed by atoms with Crippen molar-refractivity contribution in [1.29, 1.82) is 0 Å². The Labute approximate surface area is 96.4 Å². The number of aryl methyl sites for hydroxylation is 1. The van der Waals surface area contributed by atoms with Gasteiger partial charge in [0.1, 0.15) is 0 Å². The van der Waals surface area contributed by atoms with E-state index in [1.165, 1.54) is 22.0 Å². The van der Waals surface area contributed by atoms with Crippen molar-refractivity contribution in [2.24, 2.45) is 0 Å². The van der Waals surface area contributed by atoms with E-state index >= 15 is 0 Å². The van der Waals surface area contributed by atoms with Gasteiger partial charge in [-0.2, -0.15) is 0 Å². The average Bonchev–Trinajstić information content (AvgIpc) is 2.79. The average molecular weight is 211 g/mol. The van der Waals surface area contributed by atoms with Gasteiger partial charge in [0.15, 0.2) is 0 Å². The van der Waals surface area contributed by atoms with Crippen LogP contribution in [0.1, 0.15) is 31.9 Å². The molecule has 0 N–H and O–H groups in total. The molecule has 1 aromatic heterocycles. The van der Waals surface area contributed by atoms with Crippen molar-refractivity contribution < 1.29 is 0 Å². The molecule has 1 heteroatoms. The van der Waals surface area contributed by atoms with Gasteiger partial charge in [-0.15, -0.1) is 0 Å². The largest absolute Gasteiger partial charge is 0.347 e. The van der Waals surface area contributed by atoms with Crippen LogP contribution in [-0.2, 0) is 12.0 Å². The summed E-state index contributed by atoms with van der Waals surface area (Å²) < 4.78 is 2.33. The number of nitrogens with zero attached hydrogens (tertiary/aromatic N) is 1.